The molecule has 1 heterocycles. The Morgan fingerprint density at radius 3 is 3.00 bits per heavy atom. The van der Waals surface area contributed by atoms with Crippen molar-refractivity contribution >= 4 is 6.08 Å². The third-order valence-corrected chi connectivity index (χ3v) is 1.37. The second-order valence-corrected chi connectivity index (χ2v) is 2.50. The predicted molar refractivity (Wildman–Crippen MR) is 48.5 cm³/mol. The number of hydrogen-bond acceptors (Lipinski definition) is 3. The molecule has 0 unspecified atom stereocenters. The third-order valence-electron chi connectivity index (χ3n) is 1.37. The second kappa shape index (κ2) is 4.25. The van der Waals surface area contributed by atoms with Gasteiger partial charge in [-0.15, -0.1) is 0 Å². The van der Waals surface area contributed by atoms with Crippen LogP contribution >= 0.6 is 0 Å². The van der Waals surface area contributed by atoms with Crippen molar-refractivity contribution in [2.75, 3.05) is 0 Å². The fourth-order valence-corrected chi connectivity index (χ4v) is 0.824. The van der Waals surface area contributed by atoms with E-state index < -0.39 is 4.92 Å². The zero-order valence-corrected chi connectivity index (χ0v) is 7.14. The fraction of sp³-hybridized carbons (Fsp3) is 0.111. The lowest BCUT2D eigenvalue weighted by molar-refractivity contribution is -0.402. The number of hydrogen-bond donors (Lipinski definition) is 0. The maximum atomic E-state index is 9.97. The van der Waals surface area contributed by atoms with Crippen LogP contribution < -0.4 is 0 Å². The standard InChI is InChI=1S/C9H9NO3/c1-8(4-5-10(11)12)7-9-3-2-6-13-9/h2-7H,1H3/b5-4+,8-7-. The molecule has 0 amide bonds. The van der Waals surface area contributed by atoms with Crippen molar-refractivity contribution in [3.8, 4) is 0 Å². The predicted octanol–water partition coefficient (Wildman–Crippen LogP) is 2.47. The highest BCUT2D eigenvalue weighted by atomic mass is 16.6. The fourth-order valence-electron chi connectivity index (χ4n) is 0.824. The molecule has 1 aromatic rings. The molecule has 13 heavy (non-hydrogen) atoms. The van der Waals surface area contributed by atoms with E-state index in [2.05, 4.69) is 0 Å². The highest BCUT2D eigenvalue weighted by Gasteiger charge is 1.91. The van der Waals surface area contributed by atoms with E-state index >= 15 is 0 Å². The summed E-state index contributed by atoms with van der Waals surface area (Å²) in [6, 6.07) is 3.54. The van der Waals surface area contributed by atoms with E-state index in [1.807, 2.05) is 0 Å². The van der Waals surface area contributed by atoms with Gasteiger partial charge >= 0.3 is 0 Å². The van der Waals surface area contributed by atoms with Crippen molar-refractivity contribution in [2.24, 2.45) is 0 Å². The quantitative estimate of drug-likeness (QED) is 0.407. The van der Waals surface area contributed by atoms with Gasteiger partial charge < -0.3 is 4.42 Å². The van der Waals surface area contributed by atoms with E-state index in [1.54, 1.807) is 31.4 Å². The Kier molecular flexibility index (Phi) is 3.03. The zero-order valence-electron chi connectivity index (χ0n) is 7.14. The Labute approximate surface area is 75.3 Å². The molecule has 0 aliphatic carbocycles. The summed E-state index contributed by atoms with van der Waals surface area (Å²) in [5, 5.41) is 9.97. The normalized spacial score (nSPS) is 12.2. The first-order chi connectivity index (χ1) is 6.18. The molecule has 0 bridgehead atoms. The van der Waals surface area contributed by atoms with E-state index in [9.17, 15) is 10.1 Å². The summed E-state index contributed by atoms with van der Waals surface area (Å²) in [6.07, 6.45) is 5.59. The molecule has 68 valence electrons. The van der Waals surface area contributed by atoms with Crippen LogP contribution in [-0.4, -0.2) is 4.92 Å². The van der Waals surface area contributed by atoms with Gasteiger partial charge in [0, 0.05) is 6.08 Å². The van der Waals surface area contributed by atoms with Crippen molar-refractivity contribution < 1.29 is 9.34 Å². The Balaban J connectivity index is 2.67. The van der Waals surface area contributed by atoms with Gasteiger partial charge in [-0.05, 0) is 30.7 Å². The molecule has 0 spiro atoms. The molecular weight excluding hydrogens is 170 g/mol. The van der Waals surface area contributed by atoms with Crippen LogP contribution in [0, 0.1) is 10.1 Å². The largest absolute Gasteiger partial charge is 0.465 e. The van der Waals surface area contributed by atoms with Crippen LogP contribution in [0.1, 0.15) is 12.7 Å². The van der Waals surface area contributed by atoms with Crippen molar-refractivity contribution in [1.82, 2.24) is 0 Å². The van der Waals surface area contributed by atoms with Crippen LogP contribution in [0.2, 0.25) is 0 Å². The molecule has 4 heteroatoms. The minimum atomic E-state index is -0.501. The summed E-state index contributed by atoms with van der Waals surface area (Å²) >= 11 is 0. The first-order valence-corrected chi connectivity index (χ1v) is 3.72. The number of nitro groups is 1. The maximum absolute atomic E-state index is 9.97. The Morgan fingerprint density at radius 1 is 1.69 bits per heavy atom. The van der Waals surface area contributed by atoms with Gasteiger partial charge in [-0.25, -0.2) is 0 Å². The molecule has 0 saturated carbocycles. The molecule has 1 aromatic heterocycles. The monoisotopic (exact) mass is 179 g/mol. The molecule has 0 fully saturated rings. The van der Waals surface area contributed by atoms with Crippen molar-refractivity contribution in [1.29, 1.82) is 0 Å². The number of nitrogens with zero attached hydrogens (tertiary/aromatic N) is 1. The van der Waals surface area contributed by atoms with Gasteiger partial charge in [0.25, 0.3) is 0 Å². The van der Waals surface area contributed by atoms with E-state index in [0.29, 0.717) is 5.76 Å². The van der Waals surface area contributed by atoms with E-state index in [1.165, 1.54) is 6.08 Å². The first kappa shape index (κ1) is 9.25. The average Bonchev–Trinajstić information content (AvgIpc) is 2.53. The molecular formula is C9H9NO3. The van der Waals surface area contributed by atoms with E-state index in [4.69, 9.17) is 4.42 Å². The highest BCUT2D eigenvalue weighted by Crippen LogP contribution is 2.07. The molecule has 0 aliphatic rings. The van der Waals surface area contributed by atoms with Crippen LogP contribution in [0.15, 0.2) is 40.7 Å². The van der Waals surface area contributed by atoms with Crippen LogP contribution in [0.25, 0.3) is 6.08 Å². The topological polar surface area (TPSA) is 56.3 Å². The summed E-state index contributed by atoms with van der Waals surface area (Å²) in [5.74, 6) is 0.686. The van der Waals surface area contributed by atoms with Gasteiger partial charge in [0.15, 0.2) is 0 Å². The number of allylic oxidation sites excluding steroid dienone is 2. The summed E-state index contributed by atoms with van der Waals surface area (Å²) in [7, 11) is 0. The van der Waals surface area contributed by atoms with Gasteiger partial charge in [0.05, 0.1) is 11.2 Å². The number of furan rings is 1. The van der Waals surface area contributed by atoms with Crippen molar-refractivity contribution in [2.45, 2.75) is 6.92 Å². The van der Waals surface area contributed by atoms with Crippen molar-refractivity contribution in [3.05, 3.63) is 52.1 Å². The molecule has 0 N–H and O–H groups in total. The molecule has 0 aliphatic heterocycles. The summed E-state index contributed by atoms with van der Waals surface area (Å²) < 4.78 is 5.03. The van der Waals surface area contributed by atoms with Crippen LogP contribution in [0.5, 0.6) is 0 Å². The Hall–Kier alpha value is -1.84. The van der Waals surface area contributed by atoms with Gasteiger partial charge in [-0.2, -0.15) is 0 Å². The lowest BCUT2D eigenvalue weighted by Crippen LogP contribution is -1.82. The van der Waals surface area contributed by atoms with E-state index in [0.717, 1.165) is 11.8 Å². The average molecular weight is 179 g/mol. The first-order valence-electron chi connectivity index (χ1n) is 3.72. The van der Waals surface area contributed by atoms with Crippen LogP contribution in [0.3, 0.4) is 0 Å². The van der Waals surface area contributed by atoms with Crippen molar-refractivity contribution in [3.63, 3.8) is 0 Å². The second-order valence-electron chi connectivity index (χ2n) is 2.50. The highest BCUT2D eigenvalue weighted by molar-refractivity contribution is 5.49. The zero-order chi connectivity index (χ0) is 9.68. The van der Waals surface area contributed by atoms with Crippen LogP contribution in [-0.2, 0) is 0 Å². The molecule has 0 saturated heterocycles. The lowest BCUT2D eigenvalue weighted by atomic mass is 10.2. The Bertz CT molecular complexity index is 336. The van der Waals surface area contributed by atoms with Gasteiger partial charge in [-0.1, -0.05) is 0 Å². The van der Waals surface area contributed by atoms with Gasteiger partial charge in [0.1, 0.15) is 5.76 Å². The summed E-state index contributed by atoms with van der Waals surface area (Å²) in [5.41, 5.74) is 0.770. The van der Waals surface area contributed by atoms with Gasteiger partial charge in [0.2, 0.25) is 6.20 Å². The SMILES string of the molecule is CC(=C/c1ccco1)/C=C/[N+](=O)[O-]. The summed E-state index contributed by atoms with van der Waals surface area (Å²) in [4.78, 5) is 9.47. The van der Waals surface area contributed by atoms with Gasteiger partial charge in [-0.3, -0.25) is 10.1 Å². The lowest BCUT2D eigenvalue weighted by Gasteiger charge is -1.87. The van der Waals surface area contributed by atoms with E-state index in [-0.39, 0.29) is 0 Å². The maximum Gasteiger partial charge on any atom is 0.234 e. The molecule has 0 atom stereocenters. The minimum absolute atomic E-state index is 0.501. The minimum Gasteiger partial charge on any atom is -0.465 e. The third kappa shape index (κ3) is 3.37. The smallest absolute Gasteiger partial charge is 0.234 e. The molecule has 0 aromatic carbocycles. The van der Waals surface area contributed by atoms with Crippen LogP contribution in [0.4, 0.5) is 0 Å². The Morgan fingerprint density at radius 2 is 2.46 bits per heavy atom. The molecule has 0 radical (unpaired) electrons. The summed E-state index contributed by atoms with van der Waals surface area (Å²) in [6.45, 7) is 1.77. The molecule has 1 rings (SSSR count). The number of rotatable bonds is 3. The molecule has 4 nitrogen and oxygen atoms in total.